The van der Waals surface area contributed by atoms with Crippen LogP contribution < -0.4 is 0 Å². The Kier molecular flexibility index (Phi) is 13.6. The lowest BCUT2D eigenvalue weighted by Crippen LogP contribution is -2.36. The molecule has 0 spiro atoms. The molecule has 2 bridgehead atoms. The zero-order chi connectivity index (χ0) is 30.8. The molecule has 10 atom stereocenters. The maximum atomic E-state index is 12.3. The molecule has 3 saturated carbocycles. The Hall–Kier alpha value is -2.10. The van der Waals surface area contributed by atoms with Crippen molar-refractivity contribution in [3.63, 3.8) is 0 Å². The van der Waals surface area contributed by atoms with E-state index in [1.807, 2.05) is 0 Å². The van der Waals surface area contributed by atoms with Crippen molar-refractivity contribution in [3.05, 3.63) is 48.6 Å². The lowest BCUT2D eigenvalue weighted by molar-refractivity contribution is -0.152. The number of ether oxygens (including phenoxy) is 2. The molecule has 0 aromatic heterocycles. The Labute approximate surface area is 257 Å². The van der Waals surface area contributed by atoms with Crippen LogP contribution >= 0.6 is 0 Å². The second-order valence-electron chi connectivity index (χ2n) is 14.7. The maximum absolute atomic E-state index is 12.3. The summed E-state index contributed by atoms with van der Waals surface area (Å²) in [7, 11) is 0. The van der Waals surface area contributed by atoms with E-state index in [1.165, 1.54) is 31.4 Å². The lowest BCUT2D eigenvalue weighted by Gasteiger charge is -2.36. The summed E-state index contributed by atoms with van der Waals surface area (Å²) in [5.41, 5.74) is 0. The highest BCUT2D eigenvalue weighted by molar-refractivity contribution is 5.91. The first kappa shape index (κ1) is 34.4. The fourth-order valence-electron chi connectivity index (χ4n) is 7.72. The van der Waals surface area contributed by atoms with Gasteiger partial charge < -0.3 is 9.47 Å². The molecule has 0 saturated heterocycles. The number of fused-ring (bicyclic) bond motifs is 2. The number of allylic oxidation sites excluding steroid dienone is 6. The van der Waals surface area contributed by atoms with Crippen LogP contribution in [0.4, 0.5) is 0 Å². The average Bonchev–Trinajstić information content (AvgIpc) is 3.71. The lowest BCUT2D eigenvalue weighted by atomic mass is 9.75. The number of hydrogen-bond donors (Lipinski definition) is 0. The minimum absolute atomic E-state index is 0.0542. The van der Waals surface area contributed by atoms with Crippen molar-refractivity contribution in [1.29, 1.82) is 0 Å². The number of hydrogen-bond acceptors (Lipinski definition) is 4. The molecule has 0 aromatic carbocycles. The highest BCUT2D eigenvalue weighted by Crippen LogP contribution is 2.47. The molecule has 0 heterocycles. The van der Waals surface area contributed by atoms with Crippen LogP contribution in [0, 0.1) is 59.2 Å². The molecule has 0 radical (unpaired) electrons. The van der Waals surface area contributed by atoms with Crippen LogP contribution in [0.3, 0.4) is 0 Å². The third-order valence-electron chi connectivity index (χ3n) is 10.8. The zero-order valence-corrected chi connectivity index (χ0v) is 27.8. The quantitative estimate of drug-likeness (QED) is 0.178. The first-order valence-electron chi connectivity index (χ1n) is 17.0. The molecule has 5 aliphatic carbocycles. The SMILES string of the molecule is C1=CCC=C1.CC(C)[C@H]1CC[C@H](C)CC1OC(=O)/C=C/C(=O)OC1C[C@@H](C)CC[C@@H]1C(C)C.CC1C2C=CC(C2)C1C. The highest BCUT2D eigenvalue weighted by atomic mass is 16.5. The fourth-order valence-corrected chi connectivity index (χ4v) is 7.72. The zero-order valence-electron chi connectivity index (χ0n) is 27.8. The summed E-state index contributed by atoms with van der Waals surface area (Å²) in [6.07, 6.45) is 24.5. The minimum Gasteiger partial charge on any atom is -0.459 e. The maximum Gasteiger partial charge on any atom is 0.331 e. The van der Waals surface area contributed by atoms with E-state index in [4.69, 9.17) is 9.47 Å². The predicted molar refractivity (Wildman–Crippen MR) is 174 cm³/mol. The first-order valence-corrected chi connectivity index (χ1v) is 17.0. The fraction of sp³-hybridized carbons (Fsp3) is 0.737. The standard InChI is InChI=1S/C24H40O4.C9H14.C5H6/c1-15(2)19-9-7-17(5)13-21(19)27-23(25)11-12-24(26)28-22-14-18(6)8-10-20(22)16(3)4;1-6-7(2)9-4-3-8(6)5-9;1-2-4-5-3-1/h11-12,15-22H,7-10,13-14H2,1-6H3;3-4,6-9H,5H2,1-2H3;1-4H,5H2/b12-11+;;/t17-,18-,19+,20+,21?,22?;;/m0../s1. The Bertz CT molecular complexity index is 898. The van der Waals surface area contributed by atoms with Crippen molar-refractivity contribution in [2.24, 2.45) is 59.2 Å². The number of rotatable bonds is 6. The van der Waals surface area contributed by atoms with Gasteiger partial charge in [0.25, 0.3) is 0 Å². The summed E-state index contributed by atoms with van der Waals surface area (Å²) < 4.78 is 11.4. The van der Waals surface area contributed by atoms with Gasteiger partial charge in [0.05, 0.1) is 0 Å². The normalized spacial score (nSPS) is 36.5. The van der Waals surface area contributed by atoms with E-state index in [1.54, 1.807) is 0 Å². The van der Waals surface area contributed by atoms with Crippen molar-refractivity contribution >= 4 is 11.9 Å². The third-order valence-corrected chi connectivity index (χ3v) is 10.8. The Morgan fingerprint density at radius 3 is 1.33 bits per heavy atom. The number of esters is 2. The molecule has 4 heteroatoms. The smallest absolute Gasteiger partial charge is 0.331 e. The van der Waals surface area contributed by atoms with E-state index in [9.17, 15) is 9.59 Å². The van der Waals surface area contributed by atoms with Gasteiger partial charge in [0.1, 0.15) is 12.2 Å². The van der Waals surface area contributed by atoms with Crippen molar-refractivity contribution in [1.82, 2.24) is 0 Å². The van der Waals surface area contributed by atoms with E-state index < -0.39 is 11.9 Å². The van der Waals surface area contributed by atoms with Crippen LogP contribution in [-0.4, -0.2) is 24.1 Å². The van der Waals surface area contributed by atoms with Gasteiger partial charge in [-0.3, -0.25) is 0 Å². The molecule has 0 amide bonds. The van der Waals surface area contributed by atoms with Crippen LogP contribution in [0.15, 0.2) is 48.6 Å². The van der Waals surface area contributed by atoms with Gasteiger partial charge in [-0.2, -0.15) is 0 Å². The van der Waals surface area contributed by atoms with Crippen LogP contribution in [0.25, 0.3) is 0 Å². The minimum atomic E-state index is -0.431. The van der Waals surface area contributed by atoms with Gasteiger partial charge in [-0.25, -0.2) is 9.59 Å². The number of carbonyl (C=O) groups is 2. The Morgan fingerprint density at radius 1 is 0.643 bits per heavy atom. The summed E-state index contributed by atoms with van der Waals surface area (Å²) in [5.74, 6) is 5.84. The van der Waals surface area contributed by atoms with Gasteiger partial charge in [0.15, 0.2) is 0 Å². The molecule has 42 heavy (non-hydrogen) atoms. The van der Waals surface area contributed by atoms with Crippen molar-refractivity contribution in [2.75, 3.05) is 0 Å². The topological polar surface area (TPSA) is 52.6 Å². The van der Waals surface area contributed by atoms with E-state index in [0.29, 0.717) is 35.5 Å². The van der Waals surface area contributed by atoms with Crippen molar-refractivity contribution < 1.29 is 19.1 Å². The van der Waals surface area contributed by atoms with Crippen LogP contribution in [0.5, 0.6) is 0 Å². The summed E-state index contributed by atoms with van der Waals surface area (Å²) in [6.45, 7) is 17.9. The Balaban J connectivity index is 0.000000276. The molecular formula is C38H60O4. The van der Waals surface area contributed by atoms with E-state index in [2.05, 4.69) is 91.8 Å². The van der Waals surface area contributed by atoms with Crippen molar-refractivity contribution in [3.8, 4) is 0 Å². The first-order chi connectivity index (χ1) is 20.0. The van der Waals surface area contributed by atoms with Crippen LogP contribution in [0.1, 0.15) is 107 Å². The van der Waals surface area contributed by atoms with E-state index in [0.717, 1.165) is 55.8 Å². The molecule has 0 aromatic rings. The van der Waals surface area contributed by atoms with Gasteiger partial charge in [0.2, 0.25) is 0 Å². The summed E-state index contributed by atoms with van der Waals surface area (Å²) in [5, 5.41) is 0. The van der Waals surface area contributed by atoms with Gasteiger partial charge in [0, 0.05) is 12.2 Å². The largest absolute Gasteiger partial charge is 0.459 e. The molecule has 6 unspecified atom stereocenters. The molecule has 5 rings (SSSR count). The van der Waals surface area contributed by atoms with Crippen LogP contribution in [-0.2, 0) is 19.1 Å². The van der Waals surface area contributed by atoms with Crippen molar-refractivity contribution in [2.45, 2.75) is 119 Å². The van der Waals surface area contributed by atoms with Crippen LogP contribution in [0.2, 0.25) is 0 Å². The average molecular weight is 581 g/mol. The molecule has 4 nitrogen and oxygen atoms in total. The summed E-state index contributed by atoms with van der Waals surface area (Å²) in [6, 6.07) is 0. The monoisotopic (exact) mass is 580 g/mol. The van der Waals surface area contributed by atoms with Gasteiger partial charge in [-0.05, 0) is 97.7 Å². The molecule has 5 aliphatic rings. The summed E-state index contributed by atoms with van der Waals surface area (Å²) in [4.78, 5) is 24.6. The van der Waals surface area contributed by atoms with E-state index in [-0.39, 0.29) is 12.2 Å². The summed E-state index contributed by atoms with van der Waals surface area (Å²) >= 11 is 0. The predicted octanol–water partition coefficient (Wildman–Crippen LogP) is 9.52. The molecule has 0 aliphatic heterocycles. The van der Waals surface area contributed by atoms with E-state index >= 15 is 0 Å². The van der Waals surface area contributed by atoms with Gasteiger partial charge in [-0.15, -0.1) is 0 Å². The van der Waals surface area contributed by atoms with Gasteiger partial charge in [-0.1, -0.05) is 105 Å². The molecule has 236 valence electrons. The number of carbonyl (C=O) groups excluding carboxylic acids is 2. The Morgan fingerprint density at radius 2 is 1.05 bits per heavy atom. The third kappa shape index (κ3) is 10.3. The molecular weight excluding hydrogens is 520 g/mol. The highest BCUT2D eigenvalue weighted by Gasteiger charge is 2.39. The second kappa shape index (κ2) is 16.7. The molecule has 0 N–H and O–H groups in total. The second-order valence-corrected chi connectivity index (χ2v) is 14.7. The van der Waals surface area contributed by atoms with Gasteiger partial charge >= 0.3 is 11.9 Å². The molecule has 3 fully saturated rings.